The number of anilines is 1. The van der Waals surface area contributed by atoms with Crippen LogP contribution in [-0.4, -0.2) is 12.5 Å². The summed E-state index contributed by atoms with van der Waals surface area (Å²) >= 11 is 13.1. The lowest BCUT2D eigenvalue weighted by atomic mass is 10.0. The zero-order chi connectivity index (χ0) is 21.0. The molecule has 29 heavy (non-hydrogen) atoms. The van der Waals surface area contributed by atoms with Gasteiger partial charge in [-0.15, -0.1) is 0 Å². The predicted molar refractivity (Wildman–Crippen MR) is 119 cm³/mol. The van der Waals surface area contributed by atoms with Gasteiger partial charge in [-0.05, 0) is 35.7 Å². The number of allylic oxidation sites excluding steroid dienone is 2. The van der Waals surface area contributed by atoms with Gasteiger partial charge in [0.1, 0.15) is 11.6 Å². The maximum Gasteiger partial charge on any atom is 0.206 e. The van der Waals surface area contributed by atoms with Crippen LogP contribution in [0, 0.1) is 5.82 Å². The van der Waals surface area contributed by atoms with Gasteiger partial charge in [-0.25, -0.2) is 13.8 Å². The van der Waals surface area contributed by atoms with E-state index in [1.165, 1.54) is 24.1 Å². The number of guanidine groups is 1. The van der Waals surface area contributed by atoms with E-state index in [9.17, 15) is 8.78 Å². The summed E-state index contributed by atoms with van der Waals surface area (Å²) < 4.78 is 31.6. The zero-order valence-electron chi connectivity index (χ0n) is 15.2. The highest BCUT2D eigenvalue weighted by molar-refractivity contribution is 7.98. The fraction of sp³-hybridized carbons (Fsp3) is 0.0952. The Bertz CT molecular complexity index is 1030. The van der Waals surface area contributed by atoms with Crippen molar-refractivity contribution in [2.24, 2.45) is 4.99 Å². The number of halogens is 4. The van der Waals surface area contributed by atoms with Gasteiger partial charge in [0, 0.05) is 22.6 Å². The molecule has 1 aliphatic heterocycles. The summed E-state index contributed by atoms with van der Waals surface area (Å²) in [5.74, 6) is -0.657. The summed E-state index contributed by atoms with van der Waals surface area (Å²) in [7, 11) is 0. The van der Waals surface area contributed by atoms with E-state index in [4.69, 9.17) is 23.2 Å². The molecule has 2 aromatic rings. The number of rotatable bonds is 6. The van der Waals surface area contributed by atoms with Crippen molar-refractivity contribution in [1.82, 2.24) is 4.72 Å². The number of benzene rings is 2. The third-order valence-corrected chi connectivity index (χ3v) is 5.61. The average Bonchev–Trinajstić information content (AvgIpc) is 2.71. The smallest absolute Gasteiger partial charge is 0.206 e. The highest BCUT2D eigenvalue weighted by atomic mass is 35.5. The number of hydrogen-bond acceptors (Lipinski definition) is 2. The number of fused-ring (bicyclic) bond motifs is 1. The highest BCUT2D eigenvalue weighted by Gasteiger charge is 2.21. The molecule has 0 atom stereocenters. The predicted octanol–water partition coefficient (Wildman–Crippen LogP) is 6.61. The first kappa shape index (κ1) is 21.4. The number of aliphatic imine (C=N–C) groups is 1. The third-order valence-electron chi connectivity index (χ3n) is 4.22. The van der Waals surface area contributed by atoms with E-state index >= 15 is 0 Å². The minimum absolute atomic E-state index is 0.0124. The van der Waals surface area contributed by atoms with Crippen molar-refractivity contribution in [3.8, 4) is 0 Å². The Morgan fingerprint density at radius 1 is 1.24 bits per heavy atom. The molecule has 1 aliphatic rings. The van der Waals surface area contributed by atoms with Crippen LogP contribution < -0.4 is 10.0 Å². The fourth-order valence-corrected chi connectivity index (χ4v) is 3.77. The Morgan fingerprint density at radius 3 is 2.69 bits per heavy atom. The molecular weight excluding hydrogens is 435 g/mol. The molecule has 150 valence electrons. The number of hydrogen-bond donors (Lipinski definition) is 2. The standard InChI is InChI=1S/C21H17Cl2F2N3S/c1-3-13(19(25)12(2)22)11-26-21-27-20-15(10-14-6-4-5-7-16(14)23)17(24)8-9-18(20)29-28-21/h3-9H,1-2,10-11H2,(H2,26,27,28)/b19-13-. The van der Waals surface area contributed by atoms with Crippen LogP contribution in [0.5, 0.6) is 0 Å². The first-order chi connectivity index (χ1) is 13.9. The Balaban J connectivity index is 1.90. The molecule has 0 spiro atoms. The molecule has 2 N–H and O–H groups in total. The van der Waals surface area contributed by atoms with Gasteiger partial charge in [-0.1, -0.05) is 60.6 Å². The van der Waals surface area contributed by atoms with Crippen molar-refractivity contribution in [3.05, 3.63) is 94.0 Å². The zero-order valence-corrected chi connectivity index (χ0v) is 17.6. The third kappa shape index (κ3) is 5.01. The minimum atomic E-state index is -0.666. The molecule has 0 bridgehead atoms. The molecule has 3 rings (SSSR count). The molecule has 0 unspecified atom stereocenters. The molecule has 0 saturated carbocycles. The lowest BCUT2D eigenvalue weighted by molar-refractivity contribution is 0.613. The van der Waals surface area contributed by atoms with E-state index in [1.54, 1.807) is 12.1 Å². The molecule has 1 heterocycles. The molecule has 0 aliphatic carbocycles. The van der Waals surface area contributed by atoms with Crippen molar-refractivity contribution in [2.45, 2.75) is 11.3 Å². The summed E-state index contributed by atoms with van der Waals surface area (Å²) in [5, 5.41) is 3.45. The highest BCUT2D eigenvalue weighted by Crippen LogP contribution is 2.35. The van der Waals surface area contributed by atoms with E-state index < -0.39 is 5.83 Å². The topological polar surface area (TPSA) is 36.4 Å². The van der Waals surface area contributed by atoms with Crippen molar-refractivity contribution >= 4 is 46.8 Å². The lowest BCUT2D eigenvalue weighted by Gasteiger charge is -2.24. The summed E-state index contributed by atoms with van der Waals surface area (Å²) in [5.41, 5.74) is 2.08. The van der Waals surface area contributed by atoms with Crippen LogP contribution in [0.2, 0.25) is 5.02 Å². The van der Waals surface area contributed by atoms with Crippen LogP contribution >= 0.6 is 35.1 Å². The second kappa shape index (κ2) is 9.48. The van der Waals surface area contributed by atoms with Gasteiger partial charge in [-0.2, -0.15) is 0 Å². The molecule has 8 heteroatoms. The molecule has 0 amide bonds. The molecule has 2 aromatic carbocycles. The second-order valence-electron chi connectivity index (χ2n) is 6.11. The summed E-state index contributed by atoms with van der Waals surface area (Å²) in [6, 6.07) is 10.4. The van der Waals surface area contributed by atoms with Crippen LogP contribution in [0.4, 0.5) is 14.5 Å². The molecule has 0 radical (unpaired) electrons. The molecule has 0 fully saturated rings. The van der Waals surface area contributed by atoms with Crippen molar-refractivity contribution < 1.29 is 8.78 Å². The number of nitrogens with one attached hydrogen (secondary N) is 2. The summed E-state index contributed by atoms with van der Waals surface area (Å²) in [6.45, 7) is 6.92. The Morgan fingerprint density at radius 2 is 2.00 bits per heavy atom. The van der Waals surface area contributed by atoms with Crippen LogP contribution in [-0.2, 0) is 6.42 Å². The van der Waals surface area contributed by atoms with Crippen LogP contribution in [0.1, 0.15) is 11.1 Å². The van der Waals surface area contributed by atoms with Gasteiger partial charge in [0.25, 0.3) is 0 Å². The van der Waals surface area contributed by atoms with Gasteiger partial charge < -0.3 is 5.32 Å². The van der Waals surface area contributed by atoms with Crippen molar-refractivity contribution in [1.29, 1.82) is 0 Å². The van der Waals surface area contributed by atoms with E-state index in [2.05, 4.69) is 28.2 Å². The second-order valence-corrected chi connectivity index (χ2v) is 7.82. The first-order valence-electron chi connectivity index (χ1n) is 8.55. The quantitative estimate of drug-likeness (QED) is 0.383. The molecule has 3 nitrogen and oxygen atoms in total. The Kier molecular flexibility index (Phi) is 7.00. The van der Waals surface area contributed by atoms with E-state index in [-0.39, 0.29) is 23.0 Å². The minimum Gasteiger partial charge on any atom is -0.324 e. The van der Waals surface area contributed by atoms with E-state index in [1.807, 2.05) is 18.2 Å². The SMILES string of the molecule is C=C/C(CN=C1NSc2ccc(F)c(Cc3ccccc3Cl)c2N1)=C(/F)C(=C)Cl. The normalized spacial score (nSPS) is 15.1. The Hall–Kier alpha value is -2.28. The van der Waals surface area contributed by atoms with E-state index in [0.29, 0.717) is 28.7 Å². The maximum absolute atomic E-state index is 14.6. The largest absolute Gasteiger partial charge is 0.324 e. The maximum atomic E-state index is 14.6. The Labute approximate surface area is 182 Å². The fourth-order valence-electron chi connectivity index (χ4n) is 2.71. The van der Waals surface area contributed by atoms with Gasteiger partial charge in [0.15, 0.2) is 0 Å². The molecular formula is C21H17Cl2F2N3S. The van der Waals surface area contributed by atoms with Gasteiger partial charge in [0.2, 0.25) is 5.96 Å². The summed E-state index contributed by atoms with van der Waals surface area (Å²) in [4.78, 5) is 5.12. The summed E-state index contributed by atoms with van der Waals surface area (Å²) in [6.07, 6.45) is 1.65. The first-order valence-corrected chi connectivity index (χ1v) is 10.1. The van der Waals surface area contributed by atoms with Crippen LogP contribution in [0.3, 0.4) is 0 Å². The average molecular weight is 452 g/mol. The molecule has 0 aromatic heterocycles. The van der Waals surface area contributed by atoms with E-state index in [0.717, 1.165) is 10.5 Å². The molecule has 0 saturated heterocycles. The van der Waals surface area contributed by atoms with Crippen LogP contribution in [0.25, 0.3) is 0 Å². The van der Waals surface area contributed by atoms with Crippen LogP contribution in [0.15, 0.2) is 82.0 Å². The number of nitrogens with zero attached hydrogens (tertiary/aromatic N) is 1. The van der Waals surface area contributed by atoms with Gasteiger partial charge in [0.05, 0.1) is 22.2 Å². The lowest BCUT2D eigenvalue weighted by Crippen LogP contribution is -2.30. The monoisotopic (exact) mass is 451 g/mol. The van der Waals surface area contributed by atoms with Crippen molar-refractivity contribution in [2.75, 3.05) is 11.9 Å². The van der Waals surface area contributed by atoms with Gasteiger partial charge in [-0.3, -0.25) is 4.72 Å². The van der Waals surface area contributed by atoms with Crippen molar-refractivity contribution in [3.63, 3.8) is 0 Å². The van der Waals surface area contributed by atoms with Gasteiger partial charge >= 0.3 is 0 Å².